The van der Waals surface area contributed by atoms with E-state index >= 15 is 0 Å². The molecular weight excluding hydrogens is 342 g/mol. The predicted molar refractivity (Wildman–Crippen MR) is 103 cm³/mol. The first-order chi connectivity index (χ1) is 13.1. The molecular formula is C21H23N3O3. The maximum Gasteiger partial charge on any atom is 0.312 e. The van der Waals surface area contributed by atoms with Crippen molar-refractivity contribution in [3.8, 4) is 0 Å². The van der Waals surface area contributed by atoms with Crippen LogP contribution in [0.4, 0.5) is 11.5 Å². The topological polar surface area (TPSA) is 73.7 Å². The van der Waals surface area contributed by atoms with Crippen molar-refractivity contribution >= 4 is 23.4 Å². The fourth-order valence-corrected chi connectivity index (χ4v) is 3.97. The van der Waals surface area contributed by atoms with E-state index in [0.29, 0.717) is 16.8 Å². The van der Waals surface area contributed by atoms with E-state index in [2.05, 4.69) is 9.88 Å². The number of pyridine rings is 1. The minimum absolute atomic E-state index is 0.154. The van der Waals surface area contributed by atoms with Crippen LogP contribution >= 0.6 is 0 Å². The number of aliphatic carboxylic acids is 1. The van der Waals surface area contributed by atoms with Crippen LogP contribution in [-0.4, -0.2) is 41.6 Å². The fraction of sp³-hybridized carbons (Fsp3) is 0.381. The highest BCUT2D eigenvalue weighted by molar-refractivity contribution is 6.08. The van der Waals surface area contributed by atoms with E-state index in [1.54, 1.807) is 35.4 Å². The number of benzene rings is 1. The number of anilines is 2. The predicted octanol–water partition coefficient (Wildman–Crippen LogP) is 3.29. The molecule has 1 fully saturated rings. The lowest BCUT2D eigenvalue weighted by atomic mass is 10.0. The van der Waals surface area contributed by atoms with Crippen LogP contribution in [0.2, 0.25) is 0 Å². The average Bonchev–Trinajstić information content (AvgIpc) is 2.87. The SMILES string of the molecule is O=C(O)C1CN(C(=O)c2ccc(N3CCCCCC3)nc2)c2ccccc21. The van der Waals surface area contributed by atoms with Crippen LogP contribution in [0.3, 0.4) is 0 Å². The molecule has 0 radical (unpaired) electrons. The third-order valence-corrected chi connectivity index (χ3v) is 5.44. The summed E-state index contributed by atoms with van der Waals surface area (Å²) in [5.74, 6) is -0.901. The third kappa shape index (κ3) is 3.39. The maximum absolute atomic E-state index is 13.0. The number of carbonyl (C=O) groups is 2. The first-order valence-electron chi connectivity index (χ1n) is 9.50. The van der Waals surface area contributed by atoms with Gasteiger partial charge in [-0.2, -0.15) is 0 Å². The number of hydrogen-bond acceptors (Lipinski definition) is 4. The summed E-state index contributed by atoms with van der Waals surface area (Å²) in [6, 6.07) is 10.9. The van der Waals surface area contributed by atoms with Gasteiger partial charge in [0.25, 0.3) is 5.91 Å². The highest BCUT2D eigenvalue weighted by Crippen LogP contribution is 2.37. The Morgan fingerprint density at radius 2 is 1.74 bits per heavy atom. The van der Waals surface area contributed by atoms with E-state index < -0.39 is 11.9 Å². The summed E-state index contributed by atoms with van der Waals surface area (Å²) in [5, 5.41) is 9.48. The van der Waals surface area contributed by atoms with E-state index in [9.17, 15) is 14.7 Å². The van der Waals surface area contributed by atoms with Gasteiger partial charge in [0.05, 0.1) is 5.56 Å². The van der Waals surface area contributed by atoms with Crippen LogP contribution in [-0.2, 0) is 4.79 Å². The Labute approximate surface area is 158 Å². The van der Waals surface area contributed by atoms with Crippen molar-refractivity contribution in [3.05, 3.63) is 53.7 Å². The van der Waals surface area contributed by atoms with Gasteiger partial charge in [-0.1, -0.05) is 31.0 Å². The number of hydrogen-bond donors (Lipinski definition) is 1. The van der Waals surface area contributed by atoms with E-state index in [4.69, 9.17) is 0 Å². The van der Waals surface area contributed by atoms with Crippen molar-refractivity contribution < 1.29 is 14.7 Å². The highest BCUT2D eigenvalue weighted by atomic mass is 16.4. The molecule has 1 atom stereocenters. The standard InChI is InChI=1S/C21H23N3O3/c25-20(24-14-17(21(26)27)16-7-3-4-8-18(16)24)15-9-10-19(22-13-15)23-11-5-1-2-6-12-23/h3-4,7-10,13,17H,1-2,5-6,11-12,14H2,(H,26,27). The zero-order valence-corrected chi connectivity index (χ0v) is 15.2. The number of para-hydroxylation sites is 1. The second-order valence-electron chi connectivity index (χ2n) is 7.17. The monoisotopic (exact) mass is 365 g/mol. The van der Waals surface area contributed by atoms with Crippen molar-refractivity contribution in [2.24, 2.45) is 0 Å². The van der Waals surface area contributed by atoms with Gasteiger partial charge in [-0.3, -0.25) is 9.59 Å². The maximum atomic E-state index is 13.0. The Morgan fingerprint density at radius 3 is 2.41 bits per heavy atom. The molecule has 1 saturated heterocycles. The Kier molecular flexibility index (Phi) is 4.79. The zero-order valence-electron chi connectivity index (χ0n) is 15.2. The molecule has 6 nitrogen and oxygen atoms in total. The van der Waals surface area contributed by atoms with E-state index in [1.807, 2.05) is 12.1 Å². The molecule has 0 saturated carbocycles. The molecule has 3 heterocycles. The molecule has 1 aromatic heterocycles. The first-order valence-corrected chi connectivity index (χ1v) is 9.50. The van der Waals surface area contributed by atoms with Gasteiger partial charge in [-0.15, -0.1) is 0 Å². The van der Waals surface area contributed by atoms with Gasteiger partial charge in [0.1, 0.15) is 11.7 Å². The highest BCUT2D eigenvalue weighted by Gasteiger charge is 2.36. The lowest BCUT2D eigenvalue weighted by Gasteiger charge is -2.22. The third-order valence-electron chi connectivity index (χ3n) is 5.44. The molecule has 6 heteroatoms. The van der Waals surface area contributed by atoms with Crippen molar-refractivity contribution in [1.82, 2.24) is 4.98 Å². The molecule has 1 amide bonds. The Morgan fingerprint density at radius 1 is 1.00 bits per heavy atom. The van der Waals surface area contributed by atoms with Gasteiger partial charge in [0.15, 0.2) is 0 Å². The number of carboxylic acid groups (broad SMARTS) is 1. The van der Waals surface area contributed by atoms with Gasteiger partial charge >= 0.3 is 5.97 Å². The van der Waals surface area contributed by atoms with Crippen molar-refractivity contribution in [3.63, 3.8) is 0 Å². The first kappa shape index (κ1) is 17.5. The van der Waals surface area contributed by atoms with Gasteiger partial charge in [-0.25, -0.2) is 4.98 Å². The lowest BCUT2D eigenvalue weighted by Crippen LogP contribution is -2.31. The van der Waals surface area contributed by atoms with Crippen LogP contribution in [0.25, 0.3) is 0 Å². The lowest BCUT2D eigenvalue weighted by molar-refractivity contribution is -0.138. The zero-order chi connectivity index (χ0) is 18.8. The summed E-state index contributed by atoms with van der Waals surface area (Å²) in [4.78, 5) is 32.9. The summed E-state index contributed by atoms with van der Waals surface area (Å²) in [6.07, 6.45) is 6.46. The molecule has 2 aromatic rings. The Balaban J connectivity index is 1.55. The van der Waals surface area contributed by atoms with Crippen molar-refractivity contribution in [1.29, 1.82) is 0 Å². The second kappa shape index (κ2) is 7.39. The van der Waals surface area contributed by atoms with Crippen molar-refractivity contribution in [2.75, 3.05) is 29.4 Å². The fourth-order valence-electron chi connectivity index (χ4n) is 3.97. The molecule has 140 valence electrons. The Hall–Kier alpha value is -2.89. The quantitative estimate of drug-likeness (QED) is 0.903. The molecule has 1 N–H and O–H groups in total. The molecule has 27 heavy (non-hydrogen) atoms. The molecule has 2 aliphatic rings. The van der Waals surface area contributed by atoms with Gasteiger partial charge in [0.2, 0.25) is 0 Å². The van der Waals surface area contributed by atoms with E-state index in [-0.39, 0.29) is 12.5 Å². The number of amides is 1. The summed E-state index contributed by atoms with van der Waals surface area (Å²) in [5.41, 5.74) is 1.84. The van der Waals surface area contributed by atoms with E-state index in [1.165, 1.54) is 25.7 Å². The molecule has 0 spiro atoms. The minimum Gasteiger partial charge on any atom is -0.481 e. The number of aromatic nitrogens is 1. The molecule has 0 aliphatic carbocycles. The normalized spacial score (nSPS) is 19.5. The molecule has 1 unspecified atom stereocenters. The number of rotatable bonds is 3. The Bertz CT molecular complexity index is 842. The second-order valence-corrected chi connectivity index (χ2v) is 7.17. The minimum atomic E-state index is -0.910. The number of carboxylic acids is 1. The van der Waals surface area contributed by atoms with Crippen LogP contribution < -0.4 is 9.80 Å². The van der Waals surface area contributed by atoms with Gasteiger partial charge in [0, 0.05) is 31.5 Å². The van der Waals surface area contributed by atoms with Crippen LogP contribution in [0, 0.1) is 0 Å². The summed E-state index contributed by atoms with van der Waals surface area (Å²) >= 11 is 0. The van der Waals surface area contributed by atoms with Gasteiger partial charge in [-0.05, 0) is 36.6 Å². The van der Waals surface area contributed by atoms with Crippen LogP contribution in [0.1, 0.15) is 47.5 Å². The van der Waals surface area contributed by atoms with Gasteiger partial charge < -0.3 is 14.9 Å². The molecule has 0 bridgehead atoms. The van der Waals surface area contributed by atoms with Crippen LogP contribution in [0.15, 0.2) is 42.6 Å². The smallest absolute Gasteiger partial charge is 0.312 e. The number of carbonyl (C=O) groups excluding carboxylic acids is 1. The van der Waals surface area contributed by atoms with E-state index in [0.717, 1.165) is 18.9 Å². The average molecular weight is 365 g/mol. The van der Waals surface area contributed by atoms with Crippen molar-refractivity contribution in [2.45, 2.75) is 31.6 Å². The number of nitrogens with zero attached hydrogens (tertiary/aromatic N) is 3. The number of fused-ring (bicyclic) bond motifs is 1. The largest absolute Gasteiger partial charge is 0.481 e. The summed E-state index contributed by atoms with van der Waals surface area (Å²) < 4.78 is 0. The summed E-state index contributed by atoms with van der Waals surface area (Å²) in [6.45, 7) is 2.15. The molecule has 1 aromatic carbocycles. The summed E-state index contributed by atoms with van der Waals surface area (Å²) in [7, 11) is 0. The van der Waals surface area contributed by atoms with Crippen LogP contribution in [0.5, 0.6) is 0 Å². The molecule has 4 rings (SSSR count). The molecule has 2 aliphatic heterocycles.